The molecule has 2 aliphatic rings. The minimum Gasteiger partial charge on any atom is -1.00 e. The Morgan fingerprint density at radius 3 is 3.05 bits per heavy atom. The maximum atomic E-state index is 5.69. The van der Waals surface area contributed by atoms with E-state index in [-0.39, 0.29) is 12.4 Å². The molecule has 0 spiro atoms. The largest absolute Gasteiger partial charge is 1.00 e. The number of fused-ring (bicyclic) bond motifs is 2. The van der Waals surface area contributed by atoms with Gasteiger partial charge >= 0.3 is 0 Å². The van der Waals surface area contributed by atoms with Crippen molar-refractivity contribution < 1.29 is 12.4 Å². The average Bonchev–Trinajstić information content (AvgIpc) is 2.37. The highest BCUT2D eigenvalue weighted by Gasteiger charge is 2.35. The number of nitrogens with zero attached hydrogens (tertiary/aromatic N) is 3. The summed E-state index contributed by atoms with van der Waals surface area (Å²) in [6.45, 7) is 4.76. The van der Waals surface area contributed by atoms with E-state index in [9.17, 15) is 0 Å². The third-order valence-corrected chi connectivity index (χ3v) is 4.40. The molecule has 1 aliphatic carbocycles. The summed E-state index contributed by atoms with van der Waals surface area (Å²) in [5.41, 5.74) is 8.20. The van der Waals surface area contributed by atoms with Gasteiger partial charge in [-0.3, -0.25) is 4.90 Å². The van der Waals surface area contributed by atoms with Crippen molar-refractivity contribution in [2.75, 3.05) is 18.8 Å². The maximum Gasteiger partial charge on any atom is 0.220 e. The topological polar surface area (TPSA) is 55.0 Å². The monoisotopic (exact) mass is 281 g/mol. The summed E-state index contributed by atoms with van der Waals surface area (Å²) >= 11 is 0. The lowest BCUT2D eigenvalue weighted by Gasteiger charge is -2.44. The third-order valence-electron chi connectivity index (χ3n) is 4.40. The predicted octanol–water partition coefficient (Wildman–Crippen LogP) is -1.35. The van der Waals surface area contributed by atoms with Crippen LogP contribution in [0.5, 0.6) is 0 Å². The lowest BCUT2D eigenvalue weighted by atomic mass is 9.77. The molecule has 0 aromatic carbocycles. The van der Waals surface area contributed by atoms with Crippen molar-refractivity contribution in [3.63, 3.8) is 0 Å². The highest BCUT2D eigenvalue weighted by Crippen LogP contribution is 2.34. The van der Waals surface area contributed by atoms with E-state index in [0.29, 0.717) is 12.0 Å². The second kappa shape index (κ2) is 6.06. The molecule has 1 aliphatic heterocycles. The van der Waals surface area contributed by atoms with Crippen LogP contribution in [0, 0.1) is 5.92 Å². The summed E-state index contributed by atoms with van der Waals surface area (Å²) < 4.78 is 0. The zero-order chi connectivity index (χ0) is 12.5. The third kappa shape index (κ3) is 2.84. The number of rotatable bonds is 2. The second-order valence-corrected chi connectivity index (χ2v) is 5.61. The van der Waals surface area contributed by atoms with E-state index < -0.39 is 0 Å². The van der Waals surface area contributed by atoms with Crippen LogP contribution >= 0.6 is 0 Å². The smallest absolute Gasteiger partial charge is 0.220 e. The van der Waals surface area contributed by atoms with Crippen LogP contribution in [0.3, 0.4) is 0 Å². The molecule has 2 atom stereocenters. The van der Waals surface area contributed by atoms with E-state index >= 15 is 0 Å². The number of hydrogen-bond acceptors (Lipinski definition) is 4. The fourth-order valence-electron chi connectivity index (χ4n) is 3.59. The normalized spacial score (nSPS) is 26.2. The van der Waals surface area contributed by atoms with Crippen molar-refractivity contribution in [3.8, 4) is 0 Å². The Hall–Kier alpha value is -0.870. The first-order valence-corrected chi connectivity index (χ1v) is 7.12. The van der Waals surface area contributed by atoms with Crippen molar-refractivity contribution in [2.45, 2.75) is 45.1 Å². The van der Waals surface area contributed by atoms with E-state index in [2.05, 4.69) is 21.8 Å². The molecule has 0 amide bonds. The fraction of sp³-hybridized carbons (Fsp3) is 0.714. The Bertz CT molecular complexity index is 435. The van der Waals surface area contributed by atoms with Gasteiger partial charge in [0.2, 0.25) is 5.95 Å². The standard InChI is InChI=1S/C14H22N4.ClH/c1-2-5-18-6-3-4-10-7-12-11(8-13(10)18)9-16-14(15)17-12;/h9-10,13H,2-8H2,1H3,(H2,15,16,17);1H/p-1. The number of anilines is 1. The highest BCUT2D eigenvalue weighted by molar-refractivity contribution is 5.29. The number of halogens is 1. The Labute approximate surface area is 121 Å². The fourth-order valence-corrected chi connectivity index (χ4v) is 3.59. The van der Waals surface area contributed by atoms with Crippen LogP contribution in [-0.2, 0) is 12.8 Å². The maximum absolute atomic E-state index is 5.69. The number of piperidine rings is 1. The SMILES string of the molecule is CCCN1CCCC2Cc3nc(N)ncc3CC21.[Cl-]. The van der Waals surface area contributed by atoms with Gasteiger partial charge < -0.3 is 18.1 Å². The zero-order valence-electron chi connectivity index (χ0n) is 11.5. The lowest BCUT2D eigenvalue weighted by molar-refractivity contribution is -0.00000405. The van der Waals surface area contributed by atoms with Gasteiger partial charge in [0.15, 0.2) is 0 Å². The summed E-state index contributed by atoms with van der Waals surface area (Å²) in [6, 6.07) is 0.707. The Morgan fingerprint density at radius 2 is 2.26 bits per heavy atom. The van der Waals surface area contributed by atoms with Gasteiger partial charge in [-0.15, -0.1) is 0 Å². The van der Waals surface area contributed by atoms with Crippen LogP contribution in [0.2, 0.25) is 0 Å². The average molecular weight is 282 g/mol. The van der Waals surface area contributed by atoms with Crippen molar-refractivity contribution in [1.82, 2.24) is 14.9 Å². The first kappa shape index (κ1) is 14.5. The quantitative estimate of drug-likeness (QED) is 0.729. The molecule has 2 heterocycles. The molecule has 1 aromatic heterocycles. The van der Waals surface area contributed by atoms with Gasteiger partial charge in [-0.1, -0.05) is 6.92 Å². The van der Waals surface area contributed by atoms with E-state index in [1.54, 1.807) is 0 Å². The van der Waals surface area contributed by atoms with E-state index in [1.165, 1.54) is 43.6 Å². The summed E-state index contributed by atoms with van der Waals surface area (Å²) in [4.78, 5) is 11.2. The summed E-state index contributed by atoms with van der Waals surface area (Å²) in [5.74, 6) is 1.19. The van der Waals surface area contributed by atoms with Crippen molar-refractivity contribution in [2.24, 2.45) is 5.92 Å². The van der Waals surface area contributed by atoms with Gasteiger partial charge in [-0.05, 0) is 56.7 Å². The number of aromatic nitrogens is 2. The first-order chi connectivity index (χ1) is 8.78. The summed E-state index contributed by atoms with van der Waals surface area (Å²) in [7, 11) is 0. The lowest BCUT2D eigenvalue weighted by Crippen LogP contribution is -3.00. The second-order valence-electron chi connectivity index (χ2n) is 5.61. The van der Waals surface area contributed by atoms with Gasteiger partial charge in [0.05, 0.1) is 0 Å². The Kier molecular flexibility index (Phi) is 4.63. The van der Waals surface area contributed by atoms with Crippen LogP contribution in [-0.4, -0.2) is 34.0 Å². The number of hydrogen-bond donors (Lipinski definition) is 1. The molecule has 1 aromatic rings. The van der Waals surface area contributed by atoms with Crippen LogP contribution in [0.15, 0.2) is 6.20 Å². The number of nitrogen functional groups attached to an aromatic ring is 1. The van der Waals surface area contributed by atoms with Crippen molar-refractivity contribution in [1.29, 1.82) is 0 Å². The van der Waals surface area contributed by atoms with Gasteiger partial charge in [-0.25, -0.2) is 9.97 Å². The molecular weight excluding hydrogens is 260 g/mol. The minimum atomic E-state index is 0. The Balaban J connectivity index is 0.00000133. The molecule has 0 saturated carbocycles. The molecule has 19 heavy (non-hydrogen) atoms. The molecule has 2 unspecified atom stereocenters. The van der Waals surface area contributed by atoms with E-state index in [0.717, 1.165) is 18.8 Å². The van der Waals surface area contributed by atoms with E-state index in [1.807, 2.05) is 6.20 Å². The molecule has 4 nitrogen and oxygen atoms in total. The van der Waals surface area contributed by atoms with Crippen LogP contribution < -0.4 is 18.1 Å². The van der Waals surface area contributed by atoms with Crippen LogP contribution in [0.4, 0.5) is 5.95 Å². The zero-order valence-corrected chi connectivity index (χ0v) is 12.2. The predicted molar refractivity (Wildman–Crippen MR) is 72.2 cm³/mol. The number of nitrogens with two attached hydrogens (primary N) is 1. The Morgan fingerprint density at radius 1 is 1.42 bits per heavy atom. The van der Waals surface area contributed by atoms with Crippen molar-refractivity contribution >= 4 is 5.95 Å². The van der Waals surface area contributed by atoms with Crippen molar-refractivity contribution in [3.05, 3.63) is 17.5 Å². The molecule has 5 heteroatoms. The summed E-state index contributed by atoms with van der Waals surface area (Å²) in [6.07, 6.45) is 8.06. The number of likely N-dealkylation sites (tertiary alicyclic amines) is 1. The van der Waals surface area contributed by atoms with Gasteiger partial charge in [-0.2, -0.15) is 0 Å². The molecule has 106 valence electrons. The molecule has 0 radical (unpaired) electrons. The first-order valence-electron chi connectivity index (χ1n) is 7.12. The van der Waals surface area contributed by atoms with Gasteiger partial charge in [0.1, 0.15) is 0 Å². The molecule has 0 bridgehead atoms. The van der Waals surface area contributed by atoms with Crippen LogP contribution in [0.25, 0.3) is 0 Å². The molecule has 1 saturated heterocycles. The summed E-state index contributed by atoms with van der Waals surface area (Å²) in [5, 5.41) is 0. The van der Waals surface area contributed by atoms with Gasteiger partial charge in [0.25, 0.3) is 0 Å². The van der Waals surface area contributed by atoms with Gasteiger partial charge in [0, 0.05) is 17.9 Å². The highest BCUT2D eigenvalue weighted by atomic mass is 35.5. The molecule has 2 N–H and O–H groups in total. The minimum absolute atomic E-state index is 0. The van der Waals surface area contributed by atoms with E-state index in [4.69, 9.17) is 5.73 Å². The molecular formula is C14H22ClN4-. The van der Waals surface area contributed by atoms with Crippen LogP contribution in [0.1, 0.15) is 37.4 Å². The molecule has 1 fully saturated rings. The molecule has 3 rings (SSSR count).